The van der Waals surface area contributed by atoms with E-state index in [9.17, 15) is 4.79 Å². The average molecular weight is 209 g/mol. The standard InChI is InChI=1S/C10H15N3O2/c1-2-15-10(14)8-7(6-4-3-5-6)9(11)13-12-8/h6H,2-5H2,1H3,(H3,11,12,13). The zero-order valence-electron chi connectivity index (χ0n) is 8.75. The summed E-state index contributed by atoms with van der Waals surface area (Å²) in [6.07, 6.45) is 3.35. The number of ether oxygens (including phenoxy) is 1. The number of nitrogens with two attached hydrogens (primary N) is 1. The van der Waals surface area contributed by atoms with Gasteiger partial charge in [-0.2, -0.15) is 5.10 Å². The van der Waals surface area contributed by atoms with E-state index in [1.165, 1.54) is 6.42 Å². The van der Waals surface area contributed by atoms with Crippen LogP contribution in [0.1, 0.15) is 48.2 Å². The Morgan fingerprint density at radius 1 is 1.67 bits per heavy atom. The van der Waals surface area contributed by atoms with Crippen molar-refractivity contribution in [1.29, 1.82) is 0 Å². The van der Waals surface area contributed by atoms with E-state index in [0.29, 0.717) is 24.0 Å². The molecule has 0 saturated heterocycles. The predicted octanol–water partition coefficient (Wildman–Crippen LogP) is 1.44. The fraction of sp³-hybridized carbons (Fsp3) is 0.600. The molecule has 1 saturated carbocycles. The molecule has 5 nitrogen and oxygen atoms in total. The molecule has 1 aliphatic carbocycles. The van der Waals surface area contributed by atoms with E-state index < -0.39 is 0 Å². The van der Waals surface area contributed by atoms with Gasteiger partial charge in [0.05, 0.1) is 6.61 Å². The molecular weight excluding hydrogens is 194 g/mol. The van der Waals surface area contributed by atoms with Crippen LogP contribution < -0.4 is 5.73 Å². The van der Waals surface area contributed by atoms with Crippen LogP contribution in [0.5, 0.6) is 0 Å². The SMILES string of the molecule is CCOC(=O)c1[nH]nc(N)c1C1CCC1. The Hall–Kier alpha value is -1.52. The summed E-state index contributed by atoms with van der Waals surface area (Å²) in [5.74, 6) is 0.453. The van der Waals surface area contributed by atoms with E-state index in [4.69, 9.17) is 10.5 Å². The van der Waals surface area contributed by atoms with E-state index in [1.54, 1.807) is 6.92 Å². The number of nitrogen functional groups attached to an aromatic ring is 1. The number of hydrogen-bond acceptors (Lipinski definition) is 4. The van der Waals surface area contributed by atoms with Crippen molar-refractivity contribution in [3.05, 3.63) is 11.3 Å². The molecule has 0 radical (unpaired) electrons. The fourth-order valence-corrected chi connectivity index (χ4v) is 1.83. The highest BCUT2D eigenvalue weighted by atomic mass is 16.5. The van der Waals surface area contributed by atoms with Crippen LogP contribution in [-0.2, 0) is 4.74 Å². The number of esters is 1. The van der Waals surface area contributed by atoms with Crippen LogP contribution in [0.15, 0.2) is 0 Å². The van der Waals surface area contributed by atoms with Crippen LogP contribution in [-0.4, -0.2) is 22.8 Å². The summed E-state index contributed by atoms with van der Waals surface area (Å²) in [7, 11) is 0. The summed E-state index contributed by atoms with van der Waals surface area (Å²) in [5.41, 5.74) is 7.01. The Balaban J connectivity index is 2.26. The lowest BCUT2D eigenvalue weighted by Gasteiger charge is -2.25. The van der Waals surface area contributed by atoms with Gasteiger partial charge in [-0.15, -0.1) is 0 Å². The van der Waals surface area contributed by atoms with E-state index in [0.717, 1.165) is 18.4 Å². The molecule has 82 valence electrons. The molecule has 0 aliphatic heterocycles. The van der Waals surface area contributed by atoms with Gasteiger partial charge in [0.1, 0.15) is 11.5 Å². The number of aromatic amines is 1. The van der Waals surface area contributed by atoms with Gasteiger partial charge in [0.25, 0.3) is 0 Å². The highest BCUT2D eigenvalue weighted by molar-refractivity contribution is 5.90. The van der Waals surface area contributed by atoms with E-state index in [1.807, 2.05) is 0 Å². The van der Waals surface area contributed by atoms with Crippen LogP contribution >= 0.6 is 0 Å². The summed E-state index contributed by atoms with van der Waals surface area (Å²) < 4.78 is 4.93. The monoisotopic (exact) mass is 209 g/mol. The van der Waals surface area contributed by atoms with Crippen LogP contribution in [0.3, 0.4) is 0 Å². The first-order valence-electron chi connectivity index (χ1n) is 5.25. The zero-order valence-corrected chi connectivity index (χ0v) is 8.75. The van der Waals surface area contributed by atoms with Crippen molar-refractivity contribution in [1.82, 2.24) is 10.2 Å². The third-order valence-electron chi connectivity index (χ3n) is 2.83. The third kappa shape index (κ3) is 1.69. The average Bonchev–Trinajstić information content (AvgIpc) is 2.47. The van der Waals surface area contributed by atoms with Crippen molar-refractivity contribution in [2.24, 2.45) is 0 Å². The van der Waals surface area contributed by atoms with Crippen molar-refractivity contribution >= 4 is 11.8 Å². The lowest BCUT2D eigenvalue weighted by molar-refractivity contribution is 0.0517. The summed E-state index contributed by atoms with van der Waals surface area (Å²) in [6, 6.07) is 0. The molecule has 1 heterocycles. The Kier molecular flexibility index (Phi) is 2.62. The summed E-state index contributed by atoms with van der Waals surface area (Å²) in [6.45, 7) is 2.14. The van der Waals surface area contributed by atoms with Gasteiger partial charge in [0.2, 0.25) is 0 Å². The number of hydrogen-bond donors (Lipinski definition) is 2. The van der Waals surface area contributed by atoms with Gasteiger partial charge in [0.15, 0.2) is 0 Å². The van der Waals surface area contributed by atoms with Gasteiger partial charge < -0.3 is 10.5 Å². The quantitative estimate of drug-likeness (QED) is 0.738. The smallest absolute Gasteiger partial charge is 0.356 e. The molecule has 1 aromatic rings. The largest absolute Gasteiger partial charge is 0.461 e. The minimum Gasteiger partial charge on any atom is -0.461 e. The van der Waals surface area contributed by atoms with Gasteiger partial charge in [-0.05, 0) is 25.7 Å². The number of rotatable bonds is 3. The lowest BCUT2D eigenvalue weighted by Crippen LogP contribution is -2.15. The summed E-state index contributed by atoms with van der Waals surface area (Å²) >= 11 is 0. The number of carbonyl (C=O) groups is 1. The van der Waals surface area contributed by atoms with Crippen molar-refractivity contribution in [2.75, 3.05) is 12.3 Å². The molecule has 1 aliphatic rings. The first-order chi connectivity index (χ1) is 7.24. The molecule has 0 amide bonds. The molecule has 0 atom stereocenters. The van der Waals surface area contributed by atoms with Gasteiger partial charge in [-0.3, -0.25) is 5.10 Å². The van der Waals surface area contributed by atoms with Crippen LogP contribution in [0.2, 0.25) is 0 Å². The van der Waals surface area contributed by atoms with E-state index in [-0.39, 0.29) is 5.97 Å². The highest BCUT2D eigenvalue weighted by Gasteiger charge is 2.29. The van der Waals surface area contributed by atoms with E-state index >= 15 is 0 Å². The normalized spacial score (nSPS) is 16.1. The Labute approximate surface area is 88.0 Å². The molecule has 15 heavy (non-hydrogen) atoms. The van der Waals surface area contributed by atoms with Gasteiger partial charge >= 0.3 is 5.97 Å². The minimum atomic E-state index is -0.358. The van der Waals surface area contributed by atoms with Gasteiger partial charge in [-0.1, -0.05) is 6.42 Å². The number of aromatic nitrogens is 2. The Bertz CT molecular complexity index is 369. The van der Waals surface area contributed by atoms with Crippen LogP contribution in [0, 0.1) is 0 Å². The lowest BCUT2D eigenvalue weighted by atomic mass is 9.79. The summed E-state index contributed by atoms with van der Waals surface area (Å²) in [4.78, 5) is 11.6. The van der Waals surface area contributed by atoms with Crippen molar-refractivity contribution in [3.8, 4) is 0 Å². The van der Waals surface area contributed by atoms with Crippen molar-refractivity contribution in [3.63, 3.8) is 0 Å². The predicted molar refractivity (Wildman–Crippen MR) is 55.5 cm³/mol. The van der Waals surface area contributed by atoms with Crippen molar-refractivity contribution < 1.29 is 9.53 Å². The molecule has 0 spiro atoms. The first-order valence-corrected chi connectivity index (χ1v) is 5.25. The molecule has 0 aromatic carbocycles. The second kappa shape index (κ2) is 3.92. The van der Waals surface area contributed by atoms with Crippen molar-refractivity contribution in [2.45, 2.75) is 32.1 Å². The molecule has 3 N–H and O–H groups in total. The second-order valence-electron chi connectivity index (χ2n) is 3.75. The summed E-state index contributed by atoms with van der Waals surface area (Å²) in [5, 5.41) is 6.53. The maximum absolute atomic E-state index is 11.6. The molecule has 1 fully saturated rings. The fourth-order valence-electron chi connectivity index (χ4n) is 1.83. The minimum absolute atomic E-state index is 0.358. The number of anilines is 1. The molecule has 0 bridgehead atoms. The zero-order chi connectivity index (χ0) is 10.8. The van der Waals surface area contributed by atoms with Gasteiger partial charge in [0, 0.05) is 5.56 Å². The molecule has 0 unspecified atom stereocenters. The van der Waals surface area contributed by atoms with Crippen LogP contribution in [0.25, 0.3) is 0 Å². The van der Waals surface area contributed by atoms with Gasteiger partial charge in [-0.25, -0.2) is 4.79 Å². The number of nitrogens with zero attached hydrogens (tertiary/aromatic N) is 1. The maximum Gasteiger partial charge on any atom is 0.356 e. The molecular formula is C10H15N3O2. The maximum atomic E-state index is 11.6. The third-order valence-corrected chi connectivity index (χ3v) is 2.83. The topological polar surface area (TPSA) is 81.0 Å². The number of nitrogens with one attached hydrogen (secondary N) is 1. The Morgan fingerprint density at radius 2 is 2.40 bits per heavy atom. The number of carbonyl (C=O) groups excluding carboxylic acids is 1. The highest BCUT2D eigenvalue weighted by Crippen LogP contribution is 2.40. The molecule has 5 heteroatoms. The van der Waals surface area contributed by atoms with E-state index in [2.05, 4.69) is 10.2 Å². The first kappa shape index (κ1) is 10.0. The van der Waals surface area contributed by atoms with Crippen LogP contribution in [0.4, 0.5) is 5.82 Å². The second-order valence-corrected chi connectivity index (χ2v) is 3.75. The molecule has 2 rings (SSSR count). The number of H-pyrrole nitrogens is 1. The molecule has 1 aromatic heterocycles. The Morgan fingerprint density at radius 3 is 2.93 bits per heavy atom.